The zero-order valence-corrected chi connectivity index (χ0v) is 37.7. The zero-order valence-electron chi connectivity index (χ0n) is 36.0. The molecule has 0 amide bonds. The SMILES string of the molecule is CS(=O)(=O)O.CS(=O)(=O)O.N[C@@H]1[C@H]2CN(c3nc4c(cc3F)c(=O)c(C(=O)O)cn4-c3ccc(F)cc3F)C[C@@H]12.N[C@@H]1[C@H]2CN(c3nc4c(cc3F)c(=O)c(C(=O)O)cn4-c3ccc(F)cc3F)C[C@@H]12. The number of aromatic nitrogens is 4. The van der Waals surface area contributed by atoms with Gasteiger partial charge in [0.05, 0.1) is 34.7 Å². The number of aromatic carboxylic acids is 2. The molecular weight excluding hydrogens is 987 g/mol. The quantitative estimate of drug-likeness (QED) is 0.103. The Bertz CT molecular complexity index is 3240. The molecule has 70 heavy (non-hydrogen) atoms. The van der Waals surface area contributed by atoms with Crippen molar-refractivity contribution in [3.63, 3.8) is 0 Å². The van der Waals surface area contributed by atoms with Crippen molar-refractivity contribution in [3.8, 4) is 11.4 Å². The number of carboxylic acid groups (broad SMARTS) is 2. The maximum atomic E-state index is 14.8. The van der Waals surface area contributed by atoms with E-state index in [1.807, 2.05) is 0 Å². The zero-order chi connectivity index (χ0) is 51.6. The number of piperidine rings is 2. The largest absolute Gasteiger partial charge is 0.477 e. The van der Waals surface area contributed by atoms with Gasteiger partial charge in [-0.3, -0.25) is 27.8 Å². The van der Waals surface area contributed by atoms with Crippen molar-refractivity contribution in [2.24, 2.45) is 35.1 Å². The van der Waals surface area contributed by atoms with E-state index in [1.54, 1.807) is 9.80 Å². The van der Waals surface area contributed by atoms with Gasteiger partial charge in [0.1, 0.15) is 34.4 Å². The minimum absolute atomic E-state index is 0.0272. The smallest absolute Gasteiger partial charge is 0.341 e. The van der Waals surface area contributed by atoms with Gasteiger partial charge in [0, 0.05) is 62.8 Å². The van der Waals surface area contributed by atoms with E-state index in [1.165, 1.54) is 0 Å². The predicted octanol–water partition coefficient (Wildman–Crippen LogP) is 2.80. The third-order valence-electron chi connectivity index (χ3n) is 11.7. The fourth-order valence-electron chi connectivity index (χ4n) is 8.39. The first-order chi connectivity index (χ1) is 32.5. The van der Waals surface area contributed by atoms with Crippen molar-refractivity contribution >= 4 is 65.9 Å². The fraction of sp³-hybridized carbons (Fsp3) is 0.286. The summed E-state index contributed by atoms with van der Waals surface area (Å²) in [7, 11) is -7.33. The van der Waals surface area contributed by atoms with Crippen LogP contribution in [0.25, 0.3) is 33.4 Å². The van der Waals surface area contributed by atoms with E-state index in [4.69, 9.17) is 20.6 Å². The Labute approximate surface area is 390 Å². The molecule has 0 spiro atoms. The minimum Gasteiger partial charge on any atom is -0.477 e. The van der Waals surface area contributed by atoms with Gasteiger partial charge < -0.3 is 31.5 Å². The van der Waals surface area contributed by atoms with Gasteiger partial charge in [0.15, 0.2) is 34.6 Å². The lowest BCUT2D eigenvalue weighted by Gasteiger charge is -2.22. The molecular formula is C42H38F6N8O12S2. The van der Waals surface area contributed by atoms with Crippen LogP contribution in [0.4, 0.5) is 38.0 Å². The number of pyridine rings is 4. The molecule has 8 N–H and O–H groups in total. The summed E-state index contributed by atoms with van der Waals surface area (Å²) in [5.41, 5.74) is 7.88. The predicted molar refractivity (Wildman–Crippen MR) is 238 cm³/mol. The van der Waals surface area contributed by atoms with Crippen molar-refractivity contribution in [2.75, 3.05) is 48.5 Å². The van der Waals surface area contributed by atoms with Crippen LogP contribution in [0.15, 0.2) is 70.5 Å². The Morgan fingerprint density at radius 1 is 0.571 bits per heavy atom. The van der Waals surface area contributed by atoms with Gasteiger partial charge in [-0.25, -0.2) is 45.9 Å². The Morgan fingerprint density at radius 2 is 0.871 bits per heavy atom. The van der Waals surface area contributed by atoms with E-state index < -0.39 is 89.1 Å². The molecule has 4 aromatic heterocycles. The molecule has 0 radical (unpaired) electrons. The van der Waals surface area contributed by atoms with Crippen LogP contribution in [0.3, 0.4) is 0 Å². The van der Waals surface area contributed by atoms with E-state index >= 15 is 0 Å². The normalized spacial score (nSPS) is 20.9. The summed E-state index contributed by atoms with van der Waals surface area (Å²) in [6, 6.07) is 7.39. The molecule has 0 bridgehead atoms. The van der Waals surface area contributed by atoms with E-state index in [2.05, 4.69) is 9.97 Å². The Balaban J connectivity index is 0.000000173. The molecule has 0 unspecified atom stereocenters. The summed E-state index contributed by atoms with van der Waals surface area (Å²) < 4.78 is 139. The summed E-state index contributed by atoms with van der Waals surface area (Å²) in [6.07, 6.45) is 3.25. The molecule has 6 aromatic rings. The molecule has 372 valence electrons. The number of hydrogen-bond donors (Lipinski definition) is 6. The molecule has 4 aliphatic rings. The van der Waals surface area contributed by atoms with Crippen LogP contribution >= 0.6 is 0 Å². The van der Waals surface area contributed by atoms with E-state index in [0.29, 0.717) is 50.8 Å². The first-order valence-corrected chi connectivity index (χ1v) is 24.0. The summed E-state index contributed by atoms with van der Waals surface area (Å²) in [4.78, 5) is 60.1. The Hall–Kier alpha value is -6.98. The monoisotopic (exact) mass is 1020 g/mol. The highest BCUT2D eigenvalue weighted by atomic mass is 32.2. The highest BCUT2D eigenvalue weighted by Crippen LogP contribution is 2.46. The number of carbonyl (C=O) groups is 2. The lowest BCUT2D eigenvalue weighted by molar-refractivity contribution is 0.0684. The summed E-state index contributed by atoms with van der Waals surface area (Å²) in [5, 5.41) is 18.1. The van der Waals surface area contributed by atoms with Crippen LogP contribution in [-0.2, 0) is 20.2 Å². The molecule has 6 heterocycles. The van der Waals surface area contributed by atoms with Gasteiger partial charge in [0.25, 0.3) is 20.2 Å². The number of halogens is 6. The van der Waals surface area contributed by atoms with Crippen molar-refractivity contribution < 1.29 is 72.1 Å². The first-order valence-electron chi connectivity index (χ1n) is 20.3. The second-order valence-corrected chi connectivity index (χ2v) is 19.6. The molecule has 20 nitrogen and oxygen atoms in total. The molecule has 6 atom stereocenters. The van der Waals surface area contributed by atoms with E-state index in [-0.39, 0.29) is 80.8 Å². The molecule has 2 aliphatic carbocycles. The van der Waals surface area contributed by atoms with Crippen LogP contribution in [0.2, 0.25) is 0 Å². The van der Waals surface area contributed by atoms with Gasteiger partial charge in [0.2, 0.25) is 10.9 Å². The minimum atomic E-state index is -3.67. The third kappa shape index (κ3) is 10.7. The number of rotatable bonds is 6. The average molecular weight is 1020 g/mol. The number of hydrogen-bond acceptors (Lipinski definition) is 14. The van der Waals surface area contributed by atoms with Crippen molar-refractivity contribution in [1.29, 1.82) is 0 Å². The van der Waals surface area contributed by atoms with E-state index in [0.717, 1.165) is 57.9 Å². The van der Waals surface area contributed by atoms with Gasteiger partial charge in [-0.05, 0) is 60.1 Å². The lowest BCUT2D eigenvalue weighted by atomic mass is 10.1. The summed E-state index contributed by atoms with van der Waals surface area (Å²) >= 11 is 0. The first kappa shape index (κ1) is 50.9. The van der Waals surface area contributed by atoms with Crippen LogP contribution in [0.1, 0.15) is 20.7 Å². The second kappa shape index (κ2) is 18.7. The maximum Gasteiger partial charge on any atom is 0.341 e. The number of nitrogens with two attached hydrogens (primary N) is 2. The van der Waals surface area contributed by atoms with Crippen molar-refractivity contribution in [2.45, 2.75) is 12.1 Å². The van der Waals surface area contributed by atoms with Gasteiger partial charge in [-0.2, -0.15) is 16.8 Å². The topological polar surface area (TPSA) is 312 Å². The number of nitrogens with zero attached hydrogens (tertiary/aromatic N) is 6. The number of fused-ring (bicyclic) bond motifs is 4. The van der Waals surface area contributed by atoms with Gasteiger partial charge in [-0.1, -0.05) is 0 Å². The van der Waals surface area contributed by atoms with E-state index in [9.17, 15) is 72.6 Å². The highest BCUT2D eigenvalue weighted by Gasteiger charge is 2.55. The molecule has 2 saturated heterocycles. The molecule has 4 fully saturated rings. The molecule has 2 aliphatic heterocycles. The van der Waals surface area contributed by atoms with Gasteiger partial charge >= 0.3 is 11.9 Å². The van der Waals surface area contributed by atoms with Gasteiger partial charge in [-0.15, -0.1) is 0 Å². The number of benzene rings is 2. The third-order valence-corrected chi connectivity index (χ3v) is 11.7. The van der Waals surface area contributed by atoms with Crippen LogP contribution in [0, 0.1) is 58.6 Å². The molecule has 2 aromatic carbocycles. The summed E-state index contributed by atoms with van der Waals surface area (Å²) in [5.74, 6) is -7.41. The number of carboxylic acids is 2. The summed E-state index contributed by atoms with van der Waals surface area (Å²) in [6.45, 7) is 2.01. The van der Waals surface area contributed by atoms with Crippen molar-refractivity contribution in [1.82, 2.24) is 19.1 Å². The Kier molecular flexibility index (Phi) is 13.6. The second-order valence-electron chi connectivity index (χ2n) is 16.7. The molecule has 2 saturated carbocycles. The molecule has 10 rings (SSSR count). The molecule has 28 heteroatoms. The standard InChI is InChI=1S/2C20H15F3N4O3.2CH4O3S/c2*21-8-1-2-15(13(22)3-8)27-7-12(20(29)30)17(28)9-4-14(23)19(25-18(9)27)26-5-10-11(6-26)16(10)24;2*1-5(2,3)4/h2*1-4,7,10-11,16H,5-6,24H2,(H,29,30);2*1H3,(H,2,3,4)/t2*10-,11+,16+;;. The lowest BCUT2D eigenvalue weighted by Crippen LogP contribution is -2.30. The van der Waals surface area contributed by atoms with Crippen LogP contribution in [-0.4, -0.2) is 118 Å². The fourth-order valence-corrected chi connectivity index (χ4v) is 8.39. The Morgan fingerprint density at radius 3 is 1.14 bits per heavy atom. The highest BCUT2D eigenvalue weighted by molar-refractivity contribution is 7.85. The van der Waals surface area contributed by atoms with Crippen LogP contribution < -0.4 is 32.1 Å². The maximum absolute atomic E-state index is 14.8. The number of anilines is 2. The van der Waals surface area contributed by atoms with Crippen LogP contribution in [0.5, 0.6) is 0 Å². The average Bonchev–Trinajstić information content (AvgIpc) is 3.78. The van der Waals surface area contributed by atoms with Crippen molar-refractivity contribution in [3.05, 3.63) is 127 Å².